The largest absolute Gasteiger partial charge is 0.457 e. The molecule has 0 heterocycles. The molecule has 0 bridgehead atoms. The average molecular weight is 501 g/mol. The number of halogens is 2. The lowest BCUT2D eigenvalue weighted by Gasteiger charge is -2.11. The van der Waals surface area contributed by atoms with Crippen LogP contribution in [0.5, 0.6) is 11.5 Å². The lowest BCUT2D eigenvalue weighted by molar-refractivity contribution is 0.119. The smallest absolute Gasteiger partial charge is 0.230 e. The van der Waals surface area contributed by atoms with Gasteiger partial charge in [0.2, 0.25) is 6.79 Å². The summed E-state index contributed by atoms with van der Waals surface area (Å²) in [5, 5.41) is 8.87. The minimum atomic E-state index is -0.475. The molecule has 0 aliphatic carbocycles. The fraction of sp³-hybridized carbons (Fsp3) is 0.161. The molecule has 0 unspecified atom stereocenters. The molecule has 0 aromatic heterocycles. The minimum Gasteiger partial charge on any atom is -0.457 e. The molecule has 4 aromatic carbocycles. The summed E-state index contributed by atoms with van der Waals surface area (Å²) < 4.78 is 39.9. The van der Waals surface area contributed by atoms with Gasteiger partial charge in [-0.05, 0) is 47.5 Å². The van der Waals surface area contributed by atoms with Crippen LogP contribution in [0.2, 0.25) is 0 Å². The van der Waals surface area contributed by atoms with Gasteiger partial charge in [-0.1, -0.05) is 65.1 Å². The van der Waals surface area contributed by atoms with Crippen molar-refractivity contribution < 1.29 is 18.3 Å². The second-order valence-corrected chi connectivity index (χ2v) is 7.04. The van der Waals surface area contributed by atoms with E-state index in [4.69, 9.17) is 21.3 Å². The minimum absolute atomic E-state index is 0. The zero-order chi connectivity index (χ0) is 25.2. The van der Waals surface area contributed by atoms with Crippen molar-refractivity contribution >= 4 is 5.69 Å². The number of nitrogens with zero attached hydrogens (tertiary/aromatic N) is 2. The van der Waals surface area contributed by atoms with Gasteiger partial charge < -0.3 is 9.47 Å². The Kier molecular flexibility index (Phi) is 12.0. The van der Waals surface area contributed by atoms with Crippen LogP contribution in [0.1, 0.15) is 34.3 Å². The number of hydrogen-bond acceptors (Lipinski definition) is 3. The first-order chi connectivity index (χ1) is 17.1. The summed E-state index contributed by atoms with van der Waals surface area (Å²) in [7, 11) is 0. The summed E-state index contributed by atoms with van der Waals surface area (Å²) >= 11 is 0. The van der Waals surface area contributed by atoms with Crippen molar-refractivity contribution in [2.75, 3.05) is 6.79 Å². The summed E-state index contributed by atoms with van der Waals surface area (Å²) in [5.41, 5.74) is 3.06. The van der Waals surface area contributed by atoms with Crippen LogP contribution in [0.4, 0.5) is 14.5 Å². The maximum atomic E-state index is 14.5. The molecule has 190 valence electrons. The summed E-state index contributed by atoms with van der Waals surface area (Å²) in [4.78, 5) is 3.32. The first kappa shape index (κ1) is 30.4. The SMILES string of the molecule is C.C.CC.[C-]#[N+]c1ccc(-c2ccc(OCOc3ccc(-c4ccc(C#N)cc4)c(F)c3)cc2F)cc1. The van der Waals surface area contributed by atoms with Crippen LogP contribution in [0, 0.1) is 29.5 Å². The quantitative estimate of drug-likeness (QED) is 0.196. The second kappa shape index (κ2) is 14.7. The average Bonchev–Trinajstić information content (AvgIpc) is 2.90. The first-order valence-electron chi connectivity index (χ1n) is 10.9. The van der Waals surface area contributed by atoms with Crippen molar-refractivity contribution in [1.82, 2.24) is 0 Å². The lowest BCUT2D eigenvalue weighted by atomic mass is 10.0. The van der Waals surface area contributed by atoms with Gasteiger partial charge in [0, 0.05) is 23.3 Å². The van der Waals surface area contributed by atoms with Gasteiger partial charge in [0.1, 0.15) is 23.1 Å². The predicted molar refractivity (Wildman–Crippen MR) is 146 cm³/mol. The highest BCUT2D eigenvalue weighted by Crippen LogP contribution is 2.29. The Hall–Kier alpha value is -4.68. The monoisotopic (exact) mass is 500 g/mol. The van der Waals surface area contributed by atoms with E-state index in [0.29, 0.717) is 33.5 Å². The Bertz CT molecular complexity index is 1260. The number of ether oxygens (including phenoxy) is 2. The van der Waals surface area contributed by atoms with E-state index in [-0.39, 0.29) is 33.1 Å². The van der Waals surface area contributed by atoms with Crippen LogP contribution in [0.15, 0.2) is 84.9 Å². The summed E-state index contributed by atoms with van der Waals surface area (Å²) in [6.07, 6.45) is 0. The fourth-order valence-electron chi connectivity index (χ4n) is 3.24. The van der Waals surface area contributed by atoms with Crippen molar-refractivity contribution in [3.8, 4) is 39.8 Å². The predicted octanol–water partition coefficient (Wildman–Crippen LogP) is 9.43. The van der Waals surface area contributed by atoms with E-state index in [0.717, 1.165) is 0 Å². The molecule has 0 amide bonds. The number of nitriles is 1. The maximum absolute atomic E-state index is 14.5. The molecular formula is C31H30F2N2O2. The van der Waals surface area contributed by atoms with Crippen LogP contribution in [-0.2, 0) is 0 Å². The summed E-state index contributed by atoms with van der Waals surface area (Å²) in [6, 6.07) is 24.1. The van der Waals surface area contributed by atoms with E-state index in [1.807, 2.05) is 19.9 Å². The molecule has 0 atom stereocenters. The van der Waals surface area contributed by atoms with Crippen molar-refractivity contribution in [1.29, 1.82) is 5.26 Å². The summed E-state index contributed by atoms with van der Waals surface area (Å²) in [5.74, 6) is -0.414. The van der Waals surface area contributed by atoms with Crippen LogP contribution < -0.4 is 9.47 Å². The zero-order valence-corrected chi connectivity index (χ0v) is 19.3. The highest BCUT2D eigenvalue weighted by atomic mass is 19.1. The van der Waals surface area contributed by atoms with E-state index in [1.165, 1.54) is 12.1 Å². The molecule has 4 aromatic rings. The molecule has 0 saturated heterocycles. The van der Waals surface area contributed by atoms with Crippen LogP contribution in [0.3, 0.4) is 0 Å². The molecule has 4 rings (SSSR count). The number of benzene rings is 4. The standard InChI is InChI=1S/C27H16F2N2O2.C2H6.2CH4/c1-31-21-8-6-20(7-9-21)25-13-11-23(15-27(25)29)33-17-32-22-10-12-24(26(28)14-22)19-4-2-18(16-30)3-5-19;1-2;;/h2-15H,17H2;1-2H3;2*1H4. The van der Waals surface area contributed by atoms with E-state index in [2.05, 4.69) is 4.85 Å². The molecule has 0 fully saturated rings. The van der Waals surface area contributed by atoms with E-state index in [1.54, 1.807) is 72.8 Å². The Morgan fingerprint density at radius 2 is 1.16 bits per heavy atom. The van der Waals surface area contributed by atoms with E-state index >= 15 is 0 Å². The number of hydrogen-bond donors (Lipinski definition) is 0. The topological polar surface area (TPSA) is 46.6 Å². The van der Waals surface area contributed by atoms with Crippen molar-refractivity contribution in [3.05, 3.63) is 114 Å². The Labute approximate surface area is 218 Å². The van der Waals surface area contributed by atoms with E-state index < -0.39 is 11.6 Å². The molecule has 0 saturated carbocycles. The molecule has 0 aliphatic heterocycles. The first-order valence-corrected chi connectivity index (χ1v) is 10.9. The molecule has 6 heteroatoms. The fourth-order valence-corrected chi connectivity index (χ4v) is 3.24. The van der Waals surface area contributed by atoms with Crippen LogP contribution in [-0.4, -0.2) is 6.79 Å². The third-order valence-corrected chi connectivity index (χ3v) is 4.96. The molecule has 0 N–H and O–H groups in total. The highest BCUT2D eigenvalue weighted by Gasteiger charge is 2.09. The Morgan fingerprint density at radius 1 is 0.730 bits per heavy atom. The Morgan fingerprint density at radius 3 is 1.54 bits per heavy atom. The maximum Gasteiger partial charge on any atom is 0.230 e. The highest BCUT2D eigenvalue weighted by molar-refractivity contribution is 5.68. The normalized spacial score (nSPS) is 9.24. The van der Waals surface area contributed by atoms with Crippen molar-refractivity contribution in [3.63, 3.8) is 0 Å². The van der Waals surface area contributed by atoms with Gasteiger partial charge in [0.25, 0.3) is 0 Å². The number of rotatable bonds is 6. The van der Waals surface area contributed by atoms with Gasteiger partial charge in [-0.25, -0.2) is 13.6 Å². The third-order valence-electron chi connectivity index (χ3n) is 4.96. The zero-order valence-electron chi connectivity index (χ0n) is 19.3. The van der Waals surface area contributed by atoms with E-state index in [9.17, 15) is 8.78 Å². The van der Waals surface area contributed by atoms with Crippen LogP contribution in [0.25, 0.3) is 27.1 Å². The molecule has 4 nitrogen and oxygen atoms in total. The van der Waals surface area contributed by atoms with Gasteiger partial charge in [-0.15, -0.1) is 0 Å². The molecule has 37 heavy (non-hydrogen) atoms. The van der Waals surface area contributed by atoms with Crippen LogP contribution >= 0.6 is 0 Å². The molecular weight excluding hydrogens is 470 g/mol. The van der Waals surface area contributed by atoms with Gasteiger partial charge in [-0.3, -0.25) is 0 Å². The Balaban J connectivity index is 0.00000167. The second-order valence-electron chi connectivity index (χ2n) is 7.04. The lowest BCUT2D eigenvalue weighted by Crippen LogP contribution is -2.06. The molecule has 0 spiro atoms. The third kappa shape index (κ3) is 7.65. The summed E-state index contributed by atoms with van der Waals surface area (Å²) in [6.45, 7) is 10.8. The molecule has 0 radical (unpaired) electrons. The van der Waals surface area contributed by atoms with Gasteiger partial charge in [-0.2, -0.15) is 5.26 Å². The molecule has 0 aliphatic rings. The van der Waals surface area contributed by atoms with Crippen molar-refractivity contribution in [2.24, 2.45) is 0 Å². The van der Waals surface area contributed by atoms with Gasteiger partial charge >= 0.3 is 0 Å². The van der Waals surface area contributed by atoms with Crippen molar-refractivity contribution in [2.45, 2.75) is 28.7 Å². The van der Waals surface area contributed by atoms with Gasteiger partial charge in [0.15, 0.2) is 5.69 Å². The van der Waals surface area contributed by atoms with Gasteiger partial charge in [0.05, 0.1) is 18.2 Å².